The first kappa shape index (κ1) is 14.5. The Hall–Kier alpha value is -1.40. The molecule has 1 aromatic rings. The second-order valence-corrected chi connectivity index (χ2v) is 6.42. The van der Waals surface area contributed by atoms with Crippen molar-refractivity contribution < 1.29 is 5.11 Å². The predicted molar refractivity (Wildman–Crippen MR) is 83.6 cm³/mol. The summed E-state index contributed by atoms with van der Waals surface area (Å²) in [6, 6.07) is 1.99. The molecule has 2 aliphatic rings. The Morgan fingerprint density at radius 2 is 2.19 bits per heavy atom. The highest BCUT2D eigenvalue weighted by Crippen LogP contribution is 2.39. The molecule has 0 aromatic carbocycles. The maximum Gasteiger partial charge on any atom is 0.134 e. The van der Waals surface area contributed by atoms with E-state index in [-0.39, 0.29) is 6.61 Å². The number of aliphatic hydroxyl groups excluding tert-OH is 1. The third kappa shape index (κ3) is 3.27. The van der Waals surface area contributed by atoms with Crippen LogP contribution in [0.1, 0.15) is 19.3 Å². The number of aliphatic hydroxyl groups is 1. The topological polar surface area (TPSA) is 64.5 Å². The zero-order chi connectivity index (χ0) is 14.7. The van der Waals surface area contributed by atoms with Gasteiger partial charge in [0.05, 0.1) is 6.61 Å². The second kappa shape index (κ2) is 6.15. The molecule has 1 atom stereocenters. The van der Waals surface area contributed by atoms with Crippen LogP contribution >= 0.6 is 0 Å². The first-order chi connectivity index (χ1) is 10.2. The maximum atomic E-state index is 8.89. The molecule has 0 amide bonds. The lowest BCUT2D eigenvalue weighted by Gasteiger charge is -2.41. The molecule has 0 radical (unpaired) electrons. The van der Waals surface area contributed by atoms with Crippen molar-refractivity contribution in [3.8, 4) is 0 Å². The van der Waals surface area contributed by atoms with Crippen LogP contribution in [0.25, 0.3) is 0 Å². The normalized spacial score (nSPS) is 26.5. The van der Waals surface area contributed by atoms with Crippen molar-refractivity contribution in [3.63, 3.8) is 0 Å². The summed E-state index contributed by atoms with van der Waals surface area (Å²) in [5.74, 6) is 1.79. The SMILES string of the molecule is CN1CCC2(CCCN(c3cc(NCCO)ncn3)C2)C1. The van der Waals surface area contributed by atoms with E-state index in [1.165, 1.54) is 32.4 Å². The zero-order valence-electron chi connectivity index (χ0n) is 12.8. The van der Waals surface area contributed by atoms with Gasteiger partial charge in [-0.1, -0.05) is 0 Å². The van der Waals surface area contributed by atoms with Gasteiger partial charge < -0.3 is 20.2 Å². The van der Waals surface area contributed by atoms with Gasteiger partial charge in [-0.25, -0.2) is 9.97 Å². The molecule has 116 valence electrons. The van der Waals surface area contributed by atoms with Crippen molar-refractivity contribution in [2.75, 3.05) is 56.6 Å². The molecule has 1 aromatic heterocycles. The fourth-order valence-electron chi connectivity index (χ4n) is 3.70. The van der Waals surface area contributed by atoms with E-state index in [0.29, 0.717) is 12.0 Å². The number of aromatic nitrogens is 2. The number of piperidine rings is 1. The van der Waals surface area contributed by atoms with Crippen LogP contribution in [0.4, 0.5) is 11.6 Å². The summed E-state index contributed by atoms with van der Waals surface area (Å²) in [7, 11) is 2.22. The van der Waals surface area contributed by atoms with Crippen LogP contribution in [0, 0.1) is 5.41 Å². The van der Waals surface area contributed by atoms with Gasteiger partial charge in [0.1, 0.15) is 18.0 Å². The van der Waals surface area contributed by atoms with E-state index in [2.05, 4.69) is 32.1 Å². The lowest BCUT2D eigenvalue weighted by Crippen LogP contribution is -2.45. The minimum Gasteiger partial charge on any atom is -0.395 e. The number of likely N-dealkylation sites (tertiary alicyclic amines) is 1. The van der Waals surface area contributed by atoms with Crippen LogP contribution in [-0.4, -0.2) is 66.4 Å². The molecule has 3 rings (SSSR count). The van der Waals surface area contributed by atoms with E-state index in [1.807, 2.05) is 6.07 Å². The van der Waals surface area contributed by atoms with Crippen LogP contribution in [0.3, 0.4) is 0 Å². The van der Waals surface area contributed by atoms with Crippen molar-refractivity contribution >= 4 is 11.6 Å². The third-order valence-electron chi connectivity index (χ3n) is 4.69. The Bertz CT molecular complexity index is 479. The summed E-state index contributed by atoms with van der Waals surface area (Å²) in [4.78, 5) is 13.5. The van der Waals surface area contributed by atoms with E-state index in [1.54, 1.807) is 6.33 Å². The van der Waals surface area contributed by atoms with Gasteiger partial charge in [-0.05, 0) is 32.9 Å². The number of anilines is 2. The number of nitrogens with one attached hydrogen (secondary N) is 1. The molecule has 6 heteroatoms. The first-order valence-electron chi connectivity index (χ1n) is 7.81. The lowest BCUT2D eigenvalue weighted by molar-refractivity contribution is 0.233. The number of hydrogen-bond donors (Lipinski definition) is 2. The smallest absolute Gasteiger partial charge is 0.134 e. The minimum atomic E-state index is 0.110. The van der Waals surface area contributed by atoms with Gasteiger partial charge in [-0.3, -0.25) is 0 Å². The molecule has 3 heterocycles. The van der Waals surface area contributed by atoms with Gasteiger partial charge in [0.25, 0.3) is 0 Å². The summed E-state index contributed by atoms with van der Waals surface area (Å²) in [6.45, 7) is 5.20. The van der Waals surface area contributed by atoms with Crippen molar-refractivity contribution in [1.29, 1.82) is 0 Å². The summed E-state index contributed by atoms with van der Waals surface area (Å²) in [5, 5.41) is 12.0. The Kier molecular flexibility index (Phi) is 4.26. The van der Waals surface area contributed by atoms with E-state index < -0.39 is 0 Å². The van der Waals surface area contributed by atoms with Gasteiger partial charge in [0.15, 0.2) is 0 Å². The van der Waals surface area contributed by atoms with Crippen molar-refractivity contribution in [2.45, 2.75) is 19.3 Å². The monoisotopic (exact) mass is 291 g/mol. The van der Waals surface area contributed by atoms with Crippen LogP contribution in [0.15, 0.2) is 12.4 Å². The van der Waals surface area contributed by atoms with Gasteiger partial charge >= 0.3 is 0 Å². The molecule has 0 bridgehead atoms. The fraction of sp³-hybridized carbons (Fsp3) is 0.733. The molecule has 0 saturated carbocycles. The molecule has 6 nitrogen and oxygen atoms in total. The van der Waals surface area contributed by atoms with Crippen LogP contribution in [-0.2, 0) is 0 Å². The highest BCUT2D eigenvalue weighted by Gasteiger charge is 2.40. The van der Waals surface area contributed by atoms with Gasteiger partial charge in [-0.15, -0.1) is 0 Å². The quantitative estimate of drug-likeness (QED) is 0.855. The average Bonchev–Trinajstić information content (AvgIpc) is 2.86. The molecule has 2 fully saturated rings. The van der Waals surface area contributed by atoms with Crippen LogP contribution < -0.4 is 10.2 Å². The van der Waals surface area contributed by atoms with E-state index in [9.17, 15) is 0 Å². The highest BCUT2D eigenvalue weighted by molar-refractivity contribution is 5.49. The largest absolute Gasteiger partial charge is 0.395 e. The van der Waals surface area contributed by atoms with E-state index in [4.69, 9.17) is 5.11 Å². The molecule has 1 spiro atoms. The molecule has 2 saturated heterocycles. The second-order valence-electron chi connectivity index (χ2n) is 6.42. The van der Waals surface area contributed by atoms with Gasteiger partial charge in [0, 0.05) is 37.7 Å². The summed E-state index contributed by atoms with van der Waals surface area (Å²) in [6.07, 6.45) is 5.46. The molecular weight excluding hydrogens is 266 g/mol. The lowest BCUT2D eigenvalue weighted by atomic mass is 9.79. The van der Waals surface area contributed by atoms with E-state index >= 15 is 0 Å². The maximum absolute atomic E-state index is 8.89. The first-order valence-corrected chi connectivity index (χ1v) is 7.81. The van der Waals surface area contributed by atoms with Gasteiger partial charge in [0.2, 0.25) is 0 Å². The number of rotatable bonds is 4. The molecule has 21 heavy (non-hydrogen) atoms. The standard InChI is InChI=1S/C15H25N5O/c1-19-7-4-15(10-19)3-2-6-20(11-15)14-9-13(16-5-8-21)17-12-18-14/h9,12,21H,2-8,10-11H2,1H3,(H,16,17,18). The fourth-order valence-corrected chi connectivity index (χ4v) is 3.70. The van der Waals surface area contributed by atoms with Gasteiger partial charge in [-0.2, -0.15) is 0 Å². The average molecular weight is 291 g/mol. The Labute approximate surface area is 126 Å². The number of nitrogens with zero attached hydrogens (tertiary/aromatic N) is 4. The summed E-state index contributed by atoms with van der Waals surface area (Å²) < 4.78 is 0. The summed E-state index contributed by atoms with van der Waals surface area (Å²) in [5.41, 5.74) is 0.441. The minimum absolute atomic E-state index is 0.110. The number of hydrogen-bond acceptors (Lipinski definition) is 6. The van der Waals surface area contributed by atoms with Crippen molar-refractivity contribution in [1.82, 2.24) is 14.9 Å². The zero-order valence-corrected chi connectivity index (χ0v) is 12.8. The molecule has 2 aliphatic heterocycles. The van der Waals surface area contributed by atoms with Crippen LogP contribution in [0.2, 0.25) is 0 Å². The Morgan fingerprint density at radius 3 is 2.95 bits per heavy atom. The third-order valence-corrected chi connectivity index (χ3v) is 4.69. The van der Waals surface area contributed by atoms with Crippen molar-refractivity contribution in [3.05, 3.63) is 12.4 Å². The molecule has 2 N–H and O–H groups in total. The molecule has 0 aliphatic carbocycles. The van der Waals surface area contributed by atoms with Crippen LogP contribution in [0.5, 0.6) is 0 Å². The predicted octanol–water partition coefficient (Wildman–Crippen LogP) is 0.803. The Balaban J connectivity index is 1.71. The summed E-state index contributed by atoms with van der Waals surface area (Å²) >= 11 is 0. The Morgan fingerprint density at radius 1 is 1.29 bits per heavy atom. The van der Waals surface area contributed by atoms with E-state index in [0.717, 1.165) is 24.7 Å². The molecule has 1 unspecified atom stereocenters. The highest BCUT2D eigenvalue weighted by atomic mass is 16.3. The molecular formula is C15H25N5O. The van der Waals surface area contributed by atoms with Crippen molar-refractivity contribution in [2.24, 2.45) is 5.41 Å².